The van der Waals surface area contributed by atoms with Gasteiger partial charge in [0.05, 0.1) is 26.0 Å². The van der Waals surface area contributed by atoms with Crippen LogP contribution >= 0.6 is 0 Å². The highest BCUT2D eigenvalue weighted by Gasteiger charge is 2.15. The maximum Gasteiger partial charge on any atom is 0.165 e. The number of ether oxygens (including phenoxy) is 2. The van der Waals surface area contributed by atoms with E-state index in [0.717, 1.165) is 23.3 Å². The summed E-state index contributed by atoms with van der Waals surface area (Å²) in [4.78, 5) is 1.40. The highest BCUT2D eigenvalue weighted by molar-refractivity contribution is 5.60. The monoisotopic (exact) mass is 421 g/mol. The van der Waals surface area contributed by atoms with E-state index in [9.17, 15) is 8.78 Å². The molecule has 0 aliphatic carbocycles. The first-order valence-electron chi connectivity index (χ1n) is 9.87. The van der Waals surface area contributed by atoms with Crippen molar-refractivity contribution in [2.45, 2.75) is 19.8 Å². The van der Waals surface area contributed by atoms with E-state index in [0.29, 0.717) is 19.8 Å². The summed E-state index contributed by atoms with van der Waals surface area (Å²) in [7, 11) is 0. The Morgan fingerprint density at radius 2 is 1.48 bits per heavy atom. The molecule has 4 rings (SSSR count). The highest BCUT2D eigenvalue weighted by Crippen LogP contribution is 2.28. The number of rotatable bonds is 9. The van der Waals surface area contributed by atoms with Gasteiger partial charge in [-0.05, 0) is 17.2 Å². The molecule has 3 aromatic carbocycles. The Labute approximate surface area is 178 Å². The topological polar surface area (TPSA) is 49.2 Å². The lowest BCUT2D eigenvalue weighted by atomic mass is 10.1. The molecule has 0 unspecified atom stereocenters. The Morgan fingerprint density at radius 1 is 0.806 bits per heavy atom. The normalized spacial score (nSPS) is 10.9. The van der Waals surface area contributed by atoms with Crippen LogP contribution in [0.1, 0.15) is 11.1 Å². The third kappa shape index (κ3) is 5.52. The number of aromatic nitrogens is 3. The molecule has 0 saturated carbocycles. The van der Waals surface area contributed by atoms with Gasteiger partial charge in [0.25, 0.3) is 0 Å². The molecule has 0 radical (unpaired) electrons. The molecule has 0 aliphatic heterocycles. The molecular formula is C24H21F2N3O2. The molecule has 0 spiro atoms. The van der Waals surface area contributed by atoms with Crippen LogP contribution in [0.3, 0.4) is 0 Å². The first-order chi connectivity index (χ1) is 15.2. The Hall–Kier alpha value is -3.58. The minimum Gasteiger partial charge on any atom is -0.486 e. The van der Waals surface area contributed by atoms with Gasteiger partial charge >= 0.3 is 0 Å². The number of halogens is 2. The average Bonchev–Trinajstić information content (AvgIpc) is 3.27. The Balaban J connectivity index is 1.36. The van der Waals surface area contributed by atoms with E-state index in [1.165, 1.54) is 11.0 Å². The van der Waals surface area contributed by atoms with Crippen molar-refractivity contribution < 1.29 is 18.3 Å². The summed E-state index contributed by atoms with van der Waals surface area (Å²) < 4.78 is 40.1. The minimum absolute atomic E-state index is 0.0287. The largest absolute Gasteiger partial charge is 0.486 e. The van der Waals surface area contributed by atoms with Crippen LogP contribution in [-0.2, 0) is 24.5 Å². The first-order valence-corrected chi connectivity index (χ1v) is 9.87. The Bertz CT molecular complexity index is 1120. The van der Waals surface area contributed by atoms with Crippen molar-refractivity contribution in [3.05, 3.63) is 102 Å². The fourth-order valence-corrected chi connectivity index (χ4v) is 3.01. The van der Waals surface area contributed by atoms with Gasteiger partial charge in [-0.3, -0.25) is 0 Å². The van der Waals surface area contributed by atoms with E-state index in [2.05, 4.69) is 10.2 Å². The lowest BCUT2D eigenvalue weighted by Gasteiger charge is -2.09. The van der Waals surface area contributed by atoms with Crippen LogP contribution in [0.15, 0.2) is 79.0 Å². The third-order valence-electron chi connectivity index (χ3n) is 4.62. The first kappa shape index (κ1) is 20.7. The standard InChI is InChI=1S/C24H21F2N3O2/c25-21-14-24(31-17-19-9-5-2-6-10-19)22(26)13-20(21)23-15-27-29(28-23)11-12-30-16-18-7-3-1-4-8-18/h1-10,13-15H,11-12,16-17H2. The number of hydrogen-bond acceptors (Lipinski definition) is 4. The van der Waals surface area contributed by atoms with Crippen LogP contribution in [0.5, 0.6) is 5.75 Å². The zero-order valence-electron chi connectivity index (χ0n) is 16.7. The van der Waals surface area contributed by atoms with Gasteiger partial charge in [-0.2, -0.15) is 15.0 Å². The molecule has 0 N–H and O–H groups in total. The van der Waals surface area contributed by atoms with Gasteiger partial charge in [-0.1, -0.05) is 60.7 Å². The quantitative estimate of drug-likeness (QED) is 0.356. The van der Waals surface area contributed by atoms with Gasteiger partial charge < -0.3 is 9.47 Å². The number of benzene rings is 3. The van der Waals surface area contributed by atoms with Gasteiger partial charge in [-0.15, -0.1) is 0 Å². The molecule has 0 aliphatic rings. The predicted octanol–water partition coefficient (Wildman–Crippen LogP) is 5.02. The average molecular weight is 421 g/mol. The Morgan fingerprint density at radius 3 is 2.19 bits per heavy atom. The fourth-order valence-electron chi connectivity index (χ4n) is 3.01. The summed E-state index contributed by atoms with van der Waals surface area (Å²) >= 11 is 0. The van der Waals surface area contributed by atoms with Crippen molar-refractivity contribution >= 4 is 0 Å². The minimum atomic E-state index is -0.659. The summed E-state index contributed by atoms with van der Waals surface area (Å²) in [5.74, 6) is -1.43. The molecular weight excluding hydrogens is 400 g/mol. The Kier molecular flexibility index (Phi) is 6.64. The van der Waals surface area contributed by atoms with Crippen molar-refractivity contribution in [1.29, 1.82) is 0 Å². The third-order valence-corrected chi connectivity index (χ3v) is 4.62. The smallest absolute Gasteiger partial charge is 0.165 e. The van der Waals surface area contributed by atoms with Crippen LogP contribution < -0.4 is 4.74 Å². The second-order valence-corrected chi connectivity index (χ2v) is 6.90. The summed E-state index contributed by atoms with van der Waals surface area (Å²) in [5.41, 5.74) is 2.21. The molecule has 31 heavy (non-hydrogen) atoms. The summed E-state index contributed by atoms with van der Waals surface area (Å²) in [5, 5.41) is 8.34. The van der Waals surface area contributed by atoms with E-state index in [1.54, 1.807) is 0 Å². The van der Waals surface area contributed by atoms with Crippen LogP contribution in [0.2, 0.25) is 0 Å². The van der Waals surface area contributed by atoms with Gasteiger partial charge in [-0.25, -0.2) is 8.78 Å². The second-order valence-electron chi connectivity index (χ2n) is 6.90. The van der Waals surface area contributed by atoms with Crippen LogP contribution in [0, 0.1) is 11.6 Å². The molecule has 4 aromatic rings. The maximum atomic E-state index is 14.6. The number of hydrogen-bond donors (Lipinski definition) is 0. The maximum absolute atomic E-state index is 14.6. The molecule has 0 atom stereocenters. The SMILES string of the molecule is Fc1cc(-c2cnn(CCOCc3ccccc3)n2)c(F)cc1OCc1ccccc1. The molecule has 158 valence electrons. The van der Waals surface area contributed by atoms with Crippen molar-refractivity contribution in [1.82, 2.24) is 15.0 Å². The second kappa shape index (κ2) is 9.95. The molecule has 0 amide bonds. The van der Waals surface area contributed by atoms with E-state index in [4.69, 9.17) is 9.47 Å². The lowest BCUT2D eigenvalue weighted by Crippen LogP contribution is -2.09. The van der Waals surface area contributed by atoms with Gasteiger partial charge in [0, 0.05) is 11.6 Å². The van der Waals surface area contributed by atoms with E-state index < -0.39 is 11.6 Å². The van der Waals surface area contributed by atoms with Crippen LogP contribution in [0.4, 0.5) is 8.78 Å². The van der Waals surface area contributed by atoms with Gasteiger partial charge in [0.2, 0.25) is 0 Å². The fraction of sp³-hybridized carbons (Fsp3) is 0.167. The summed E-state index contributed by atoms with van der Waals surface area (Å²) in [6.45, 7) is 1.43. The van der Waals surface area contributed by atoms with Crippen molar-refractivity contribution in [3.8, 4) is 17.0 Å². The number of nitrogens with zero attached hydrogens (tertiary/aromatic N) is 3. The van der Waals surface area contributed by atoms with Crippen LogP contribution in [-0.4, -0.2) is 21.6 Å². The zero-order chi connectivity index (χ0) is 21.5. The van der Waals surface area contributed by atoms with Crippen molar-refractivity contribution in [3.63, 3.8) is 0 Å². The van der Waals surface area contributed by atoms with Gasteiger partial charge in [0.15, 0.2) is 11.6 Å². The molecule has 1 heterocycles. The summed E-state index contributed by atoms with van der Waals surface area (Å²) in [6.07, 6.45) is 1.40. The molecule has 7 heteroatoms. The van der Waals surface area contributed by atoms with E-state index in [-0.39, 0.29) is 23.6 Å². The molecule has 1 aromatic heterocycles. The zero-order valence-corrected chi connectivity index (χ0v) is 16.7. The molecule has 0 fully saturated rings. The van der Waals surface area contributed by atoms with E-state index >= 15 is 0 Å². The lowest BCUT2D eigenvalue weighted by molar-refractivity contribution is 0.108. The molecule has 0 bridgehead atoms. The van der Waals surface area contributed by atoms with Crippen LogP contribution in [0.25, 0.3) is 11.3 Å². The van der Waals surface area contributed by atoms with Crippen molar-refractivity contribution in [2.75, 3.05) is 6.61 Å². The van der Waals surface area contributed by atoms with Crippen molar-refractivity contribution in [2.24, 2.45) is 0 Å². The van der Waals surface area contributed by atoms with Gasteiger partial charge in [0.1, 0.15) is 18.1 Å². The summed E-state index contributed by atoms with van der Waals surface area (Å²) in [6, 6.07) is 21.2. The predicted molar refractivity (Wildman–Crippen MR) is 112 cm³/mol. The molecule has 0 saturated heterocycles. The highest BCUT2D eigenvalue weighted by atomic mass is 19.1. The molecule has 5 nitrogen and oxygen atoms in total. The van der Waals surface area contributed by atoms with E-state index in [1.807, 2.05) is 60.7 Å².